The van der Waals surface area contributed by atoms with E-state index in [-0.39, 0.29) is 64.0 Å². The van der Waals surface area contributed by atoms with Crippen molar-refractivity contribution in [2.45, 2.75) is 6.92 Å². The fraction of sp³-hybridized carbons (Fsp3) is 0.333. The van der Waals surface area contributed by atoms with Gasteiger partial charge in [0.1, 0.15) is 0 Å². The van der Waals surface area contributed by atoms with E-state index in [1.165, 1.54) is 6.92 Å². The molecule has 0 aliphatic rings. The molecule has 0 rings (SSSR count). The van der Waals surface area contributed by atoms with E-state index in [1.54, 1.807) is 0 Å². The molecule has 0 radical (unpaired) electrons. The SMILES string of the molecule is [CH2-]C(C)=O.[Rb+]. The Bertz CT molecular complexity index is 29.9. The van der Waals surface area contributed by atoms with E-state index in [0.717, 1.165) is 0 Å². The molecule has 0 aromatic rings. The second-order valence-corrected chi connectivity index (χ2v) is 0.702. The Morgan fingerprint density at radius 1 is 1.80 bits per heavy atom. The number of Topliss-reactive ketones (excluding diaryl/α,β-unsaturated/α-hetero) is 1. The van der Waals surface area contributed by atoms with Crippen LogP contribution in [0.3, 0.4) is 0 Å². The average Bonchev–Trinajstić information content (AvgIpc) is 0.811. The average molecular weight is 143 g/mol. The van der Waals surface area contributed by atoms with Crippen LogP contribution in [0.4, 0.5) is 0 Å². The summed E-state index contributed by atoms with van der Waals surface area (Å²) < 4.78 is 0. The summed E-state index contributed by atoms with van der Waals surface area (Å²) in [6, 6.07) is 0. The van der Waals surface area contributed by atoms with E-state index in [1.807, 2.05) is 0 Å². The number of carbonyl (C=O) groups is 1. The van der Waals surface area contributed by atoms with Crippen LogP contribution in [-0.2, 0) is 4.79 Å². The van der Waals surface area contributed by atoms with Crippen molar-refractivity contribution in [3.05, 3.63) is 6.92 Å². The quantitative estimate of drug-likeness (QED) is 0.340. The molecule has 0 aromatic carbocycles. The molecule has 0 N–H and O–H groups in total. The predicted octanol–water partition coefficient (Wildman–Crippen LogP) is -2.59. The zero-order valence-electron chi connectivity index (χ0n) is 3.62. The zero-order chi connectivity index (χ0) is 3.58. The van der Waals surface area contributed by atoms with Crippen LogP contribution in [0.5, 0.6) is 0 Å². The van der Waals surface area contributed by atoms with E-state index in [2.05, 4.69) is 6.92 Å². The van der Waals surface area contributed by atoms with Crippen LogP contribution < -0.4 is 58.2 Å². The first-order chi connectivity index (χ1) is 1.73. The second kappa shape index (κ2) is 5.35. The maximum atomic E-state index is 9.33. The molecule has 0 fully saturated rings. The molecule has 0 unspecified atom stereocenters. The van der Waals surface area contributed by atoms with Gasteiger partial charge in [-0.3, -0.25) is 0 Å². The molecule has 0 aliphatic carbocycles. The molecule has 1 nitrogen and oxygen atoms in total. The van der Waals surface area contributed by atoms with Gasteiger partial charge in [0.2, 0.25) is 0 Å². The summed E-state index contributed by atoms with van der Waals surface area (Å²) in [5.74, 6) is -0.0833. The van der Waals surface area contributed by atoms with Crippen molar-refractivity contribution < 1.29 is 63.0 Å². The molecule has 0 aromatic heterocycles. The van der Waals surface area contributed by atoms with Gasteiger partial charge in [-0.25, -0.2) is 0 Å². The Morgan fingerprint density at radius 2 is 1.80 bits per heavy atom. The van der Waals surface area contributed by atoms with Gasteiger partial charge in [-0.05, 0) is 12.7 Å². The molecular formula is C3H5ORb. The van der Waals surface area contributed by atoms with Crippen molar-refractivity contribution in [1.29, 1.82) is 0 Å². The maximum Gasteiger partial charge on any atom is 1.00 e. The van der Waals surface area contributed by atoms with Gasteiger partial charge in [0.05, 0.1) is 0 Å². The van der Waals surface area contributed by atoms with Crippen LogP contribution in [0.1, 0.15) is 6.92 Å². The van der Waals surface area contributed by atoms with Crippen molar-refractivity contribution in [2.24, 2.45) is 0 Å². The number of rotatable bonds is 0. The fourth-order valence-electron chi connectivity index (χ4n) is 0. The predicted molar refractivity (Wildman–Crippen MR) is 16.0 cm³/mol. The third kappa shape index (κ3) is 33.1. The zero-order valence-corrected chi connectivity index (χ0v) is 8.53. The minimum atomic E-state index is -0.0833. The fourth-order valence-corrected chi connectivity index (χ4v) is 0. The van der Waals surface area contributed by atoms with Crippen LogP contribution in [0, 0.1) is 6.92 Å². The summed E-state index contributed by atoms with van der Waals surface area (Å²) in [6.45, 7) is 4.42. The molecule has 0 heterocycles. The smallest absolute Gasteiger partial charge is 0.340 e. The van der Waals surface area contributed by atoms with Crippen LogP contribution >= 0.6 is 0 Å². The molecule has 0 saturated carbocycles. The minimum absolute atomic E-state index is 0. The summed E-state index contributed by atoms with van der Waals surface area (Å²) >= 11 is 0. The van der Waals surface area contributed by atoms with Gasteiger partial charge >= 0.3 is 58.2 Å². The molecule has 5 heavy (non-hydrogen) atoms. The Kier molecular flexibility index (Phi) is 10.3. The van der Waals surface area contributed by atoms with Gasteiger partial charge < -0.3 is 11.7 Å². The standard InChI is InChI=1S/C3H5O.Rb/c1-3(2)4;/h1H2,2H3;/q-1;+1. The molecule has 2 heteroatoms. The van der Waals surface area contributed by atoms with Crippen LogP contribution in [0.25, 0.3) is 0 Å². The van der Waals surface area contributed by atoms with Gasteiger partial charge in [-0.1, -0.05) is 0 Å². The van der Waals surface area contributed by atoms with E-state index < -0.39 is 0 Å². The molecular weight excluding hydrogens is 138 g/mol. The van der Waals surface area contributed by atoms with Crippen LogP contribution in [0.2, 0.25) is 0 Å². The summed E-state index contributed by atoms with van der Waals surface area (Å²) in [7, 11) is 0. The van der Waals surface area contributed by atoms with E-state index in [0.29, 0.717) is 0 Å². The van der Waals surface area contributed by atoms with Gasteiger partial charge in [-0.2, -0.15) is 0 Å². The first kappa shape index (κ1) is 9.60. The van der Waals surface area contributed by atoms with Crippen molar-refractivity contribution in [3.63, 3.8) is 0 Å². The van der Waals surface area contributed by atoms with Gasteiger partial charge in [0.25, 0.3) is 0 Å². The molecule has 0 amide bonds. The molecule has 0 spiro atoms. The van der Waals surface area contributed by atoms with E-state index in [4.69, 9.17) is 0 Å². The number of hydrogen-bond acceptors (Lipinski definition) is 1. The van der Waals surface area contributed by atoms with Crippen LogP contribution in [-0.4, -0.2) is 5.78 Å². The normalized spacial score (nSPS) is 5.00. The Labute approximate surface area is 80.9 Å². The molecule has 0 bridgehead atoms. The Morgan fingerprint density at radius 3 is 1.80 bits per heavy atom. The molecule has 0 atom stereocenters. The van der Waals surface area contributed by atoms with Crippen molar-refractivity contribution >= 4 is 5.78 Å². The maximum absolute atomic E-state index is 9.33. The van der Waals surface area contributed by atoms with E-state index >= 15 is 0 Å². The summed E-state index contributed by atoms with van der Waals surface area (Å²) in [5.41, 5.74) is 0. The number of ketones is 1. The summed E-state index contributed by atoms with van der Waals surface area (Å²) in [6.07, 6.45) is 0. The molecule has 24 valence electrons. The van der Waals surface area contributed by atoms with Crippen molar-refractivity contribution in [2.75, 3.05) is 0 Å². The topological polar surface area (TPSA) is 17.1 Å². The first-order valence-electron chi connectivity index (χ1n) is 1.06. The van der Waals surface area contributed by atoms with Gasteiger partial charge in [0, 0.05) is 0 Å². The number of hydrogen-bond donors (Lipinski definition) is 0. The third-order valence-electron chi connectivity index (χ3n) is 0. The first-order valence-corrected chi connectivity index (χ1v) is 1.06. The van der Waals surface area contributed by atoms with Crippen molar-refractivity contribution in [3.8, 4) is 0 Å². The largest absolute Gasteiger partial charge is 1.00 e. The Hall–Kier alpha value is 1.35. The summed E-state index contributed by atoms with van der Waals surface area (Å²) in [4.78, 5) is 9.33. The van der Waals surface area contributed by atoms with Gasteiger partial charge in [-0.15, -0.1) is 0 Å². The monoisotopic (exact) mass is 142 g/mol. The van der Waals surface area contributed by atoms with Crippen LogP contribution in [0.15, 0.2) is 0 Å². The van der Waals surface area contributed by atoms with Crippen molar-refractivity contribution in [1.82, 2.24) is 0 Å². The second-order valence-electron chi connectivity index (χ2n) is 0.702. The Balaban J connectivity index is 0. The molecule has 0 aliphatic heterocycles. The van der Waals surface area contributed by atoms with E-state index in [9.17, 15) is 4.79 Å². The number of carbonyl (C=O) groups excluding carboxylic acids is 1. The minimum Gasteiger partial charge on any atom is -0.340 e. The molecule has 0 saturated heterocycles. The van der Waals surface area contributed by atoms with Gasteiger partial charge in [0.15, 0.2) is 0 Å². The third-order valence-corrected chi connectivity index (χ3v) is 0. The summed E-state index contributed by atoms with van der Waals surface area (Å²) in [5, 5.41) is 0.